The van der Waals surface area contributed by atoms with Gasteiger partial charge in [-0.1, -0.05) is 11.2 Å². The van der Waals surface area contributed by atoms with Crippen molar-refractivity contribution in [1.29, 1.82) is 0 Å². The number of aromatic nitrogens is 2. The van der Waals surface area contributed by atoms with Gasteiger partial charge in [0, 0.05) is 13.0 Å². The van der Waals surface area contributed by atoms with E-state index in [2.05, 4.69) is 10.1 Å². The molecule has 2 heterocycles. The molecule has 0 N–H and O–H groups in total. The van der Waals surface area contributed by atoms with E-state index in [9.17, 15) is 9.18 Å². The number of hydrogen-bond acceptors (Lipinski definition) is 5. The second-order valence-corrected chi connectivity index (χ2v) is 5.22. The number of rotatable bonds is 4. The van der Waals surface area contributed by atoms with Gasteiger partial charge >= 0.3 is 0 Å². The highest BCUT2D eigenvalue weighted by atomic mass is 19.1. The average molecular weight is 305 g/mol. The van der Waals surface area contributed by atoms with E-state index < -0.39 is 5.82 Å². The average Bonchev–Trinajstić information content (AvgIpc) is 3.06. The Bertz CT molecular complexity index is 701. The Morgan fingerprint density at radius 1 is 1.50 bits per heavy atom. The highest BCUT2D eigenvalue weighted by Gasteiger charge is 2.35. The molecule has 1 aromatic carbocycles. The SMILES string of the molecule is COc1ccc(CN2C(=O)CCC2c2nc(C)no2)cc1F. The summed E-state index contributed by atoms with van der Waals surface area (Å²) in [6.45, 7) is 2.03. The zero-order chi connectivity index (χ0) is 15.7. The maximum atomic E-state index is 13.8. The van der Waals surface area contributed by atoms with Crippen LogP contribution in [0.3, 0.4) is 0 Å². The van der Waals surface area contributed by atoms with Gasteiger partial charge in [0.15, 0.2) is 17.4 Å². The van der Waals surface area contributed by atoms with E-state index in [1.54, 1.807) is 24.0 Å². The molecule has 1 aliphatic rings. The summed E-state index contributed by atoms with van der Waals surface area (Å²) in [6.07, 6.45) is 1.05. The van der Waals surface area contributed by atoms with Crippen molar-refractivity contribution in [2.24, 2.45) is 0 Å². The lowest BCUT2D eigenvalue weighted by Crippen LogP contribution is -2.27. The molecular weight excluding hydrogens is 289 g/mol. The van der Waals surface area contributed by atoms with Gasteiger partial charge in [0.2, 0.25) is 11.8 Å². The van der Waals surface area contributed by atoms with Crippen LogP contribution in [0.4, 0.5) is 4.39 Å². The van der Waals surface area contributed by atoms with Gasteiger partial charge in [-0.2, -0.15) is 4.98 Å². The molecule has 1 saturated heterocycles. The third-order valence-electron chi connectivity index (χ3n) is 3.73. The van der Waals surface area contributed by atoms with Crippen LogP contribution < -0.4 is 4.74 Å². The Balaban J connectivity index is 1.82. The summed E-state index contributed by atoms with van der Waals surface area (Å²) >= 11 is 0. The van der Waals surface area contributed by atoms with E-state index >= 15 is 0 Å². The summed E-state index contributed by atoms with van der Waals surface area (Å²) in [5, 5.41) is 3.76. The van der Waals surface area contributed by atoms with E-state index in [1.165, 1.54) is 13.2 Å². The van der Waals surface area contributed by atoms with Crippen LogP contribution in [-0.4, -0.2) is 28.1 Å². The molecule has 22 heavy (non-hydrogen) atoms. The zero-order valence-corrected chi connectivity index (χ0v) is 12.4. The second-order valence-electron chi connectivity index (χ2n) is 5.22. The number of carbonyl (C=O) groups is 1. The summed E-state index contributed by atoms with van der Waals surface area (Å²) in [7, 11) is 1.41. The number of nitrogens with zero attached hydrogens (tertiary/aromatic N) is 3. The van der Waals surface area contributed by atoms with Crippen LogP contribution >= 0.6 is 0 Å². The third kappa shape index (κ3) is 2.66. The summed E-state index contributed by atoms with van der Waals surface area (Å²) in [6, 6.07) is 4.42. The van der Waals surface area contributed by atoms with Crippen LogP contribution in [-0.2, 0) is 11.3 Å². The summed E-state index contributed by atoms with van der Waals surface area (Å²) < 4.78 is 23.8. The number of hydrogen-bond donors (Lipinski definition) is 0. The molecule has 1 aromatic heterocycles. The molecule has 7 heteroatoms. The minimum atomic E-state index is -0.447. The van der Waals surface area contributed by atoms with Crippen molar-refractivity contribution >= 4 is 5.91 Å². The van der Waals surface area contributed by atoms with Crippen molar-refractivity contribution in [2.45, 2.75) is 32.4 Å². The van der Waals surface area contributed by atoms with Crippen LogP contribution in [0.5, 0.6) is 5.75 Å². The second kappa shape index (κ2) is 5.75. The Hall–Kier alpha value is -2.44. The molecule has 1 atom stereocenters. The molecule has 116 valence electrons. The van der Waals surface area contributed by atoms with Crippen LogP contribution in [0, 0.1) is 12.7 Å². The van der Waals surface area contributed by atoms with Gasteiger partial charge in [0.25, 0.3) is 0 Å². The lowest BCUT2D eigenvalue weighted by molar-refractivity contribution is -0.130. The first-order valence-corrected chi connectivity index (χ1v) is 7.00. The van der Waals surface area contributed by atoms with E-state index in [-0.39, 0.29) is 17.7 Å². The minimum Gasteiger partial charge on any atom is -0.494 e. The fourth-order valence-electron chi connectivity index (χ4n) is 2.64. The molecule has 6 nitrogen and oxygen atoms in total. The molecule has 2 aromatic rings. The van der Waals surface area contributed by atoms with Crippen LogP contribution in [0.25, 0.3) is 0 Å². The molecule has 1 unspecified atom stereocenters. The number of benzene rings is 1. The van der Waals surface area contributed by atoms with Crippen molar-refractivity contribution in [3.8, 4) is 5.75 Å². The highest BCUT2D eigenvalue weighted by molar-refractivity contribution is 5.78. The number of aryl methyl sites for hydroxylation is 1. The molecule has 1 aliphatic heterocycles. The van der Waals surface area contributed by atoms with Crippen molar-refractivity contribution < 1.29 is 18.4 Å². The van der Waals surface area contributed by atoms with Gasteiger partial charge in [0.05, 0.1) is 7.11 Å². The van der Waals surface area contributed by atoms with E-state index in [0.29, 0.717) is 36.7 Å². The van der Waals surface area contributed by atoms with E-state index in [1.807, 2.05) is 0 Å². The Morgan fingerprint density at radius 3 is 2.95 bits per heavy atom. The standard InChI is InChI=1S/C15H16FN3O3/c1-9-17-15(22-18-9)12-4-6-14(20)19(12)8-10-3-5-13(21-2)11(16)7-10/h3,5,7,12H,4,6,8H2,1-2H3. The van der Waals surface area contributed by atoms with Crippen molar-refractivity contribution in [2.75, 3.05) is 7.11 Å². The molecule has 0 radical (unpaired) electrons. The Kier molecular flexibility index (Phi) is 3.79. The lowest BCUT2D eigenvalue weighted by atomic mass is 10.1. The molecule has 0 spiro atoms. The van der Waals surface area contributed by atoms with Gasteiger partial charge in [-0.3, -0.25) is 4.79 Å². The van der Waals surface area contributed by atoms with E-state index in [4.69, 9.17) is 9.26 Å². The number of ether oxygens (including phenoxy) is 1. The zero-order valence-electron chi connectivity index (χ0n) is 12.4. The van der Waals surface area contributed by atoms with Crippen LogP contribution in [0.2, 0.25) is 0 Å². The maximum absolute atomic E-state index is 13.8. The topological polar surface area (TPSA) is 68.5 Å². The smallest absolute Gasteiger partial charge is 0.249 e. The fraction of sp³-hybridized carbons (Fsp3) is 0.400. The molecule has 0 aliphatic carbocycles. The van der Waals surface area contributed by atoms with Gasteiger partial charge < -0.3 is 14.2 Å². The monoisotopic (exact) mass is 305 g/mol. The van der Waals surface area contributed by atoms with Gasteiger partial charge in [0.1, 0.15) is 6.04 Å². The van der Waals surface area contributed by atoms with Crippen molar-refractivity contribution in [3.05, 3.63) is 41.3 Å². The fourth-order valence-corrected chi connectivity index (χ4v) is 2.64. The Labute approximate surface area is 126 Å². The summed E-state index contributed by atoms with van der Waals surface area (Å²) in [4.78, 5) is 17.9. The number of likely N-dealkylation sites (tertiary alicyclic amines) is 1. The normalized spacial score (nSPS) is 18.0. The lowest BCUT2D eigenvalue weighted by Gasteiger charge is -2.22. The number of carbonyl (C=O) groups excluding carboxylic acids is 1. The predicted molar refractivity (Wildman–Crippen MR) is 74.5 cm³/mol. The summed E-state index contributed by atoms with van der Waals surface area (Å²) in [5.74, 6) is 0.691. The largest absolute Gasteiger partial charge is 0.494 e. The molecule has 1 amide bonds. The van der Waals surface area contributed by atoms with E-state index in [0.717, 1.165) is 0 Å². The van der Waals surface area contributed by atoms with Gasteiger partial charge in [-0.15, -0.1) is 0 Å². The molecule has 0 bridgehead atoms. The number of methoxy groups -OCH3 is 1. The molecule has 3 rings (SSSR count). The number of halogens is 1. The van der Waals surface area contributed by atoms with Gasteiger partial charge in [-0.05, 0) is 31.0 Å². The van der Waals surface area contributed by atoms with Crippen LogP contribution in [0.15, 0.2) is 22.7 Å². The third-order valence-corrected chi connectivity index (χ3v) is 3.73. The minimum absolute atomic E-state index is 0.00270. The quantitative estimate of drug-likeness (QED) is 0.867. The Morgan fingerprint density at radius 2 is 2.32 bits per heavy atom. The predicted octanol–water partition coefficient (Wildman–Crippen LogP) is 2.39. The van der Waals surface area contributed by atoms with Gasteiger partial charge in [-0.25, -0.2) is 4.39 Å². The maximum Gasteiger partial charge on any atom is 0.249 e. The van der Waals surface area contributed by atoms with Crippen molar-refractivity contribution in [3.63, 3.8) is 0 Å². The number of amides is 1. The first kappa shape index (κ1) is 14.5. The first-order chi connectivity index (χ1) is 10.6. The highest BCUT2D eigenvalue weighted by Crippen LogP contribution is 2.33. The molecule has 1 fully saturated rings. The molecular formula is C15H16FN3O3. The van der Waals surface area contributed by atoms with Crippen LogP contribution in [0.1, 0.15) is 36.2 Å². The van der Waals surface area contributed by atoms with Crippen molar-refractivity contribution in [1.82, 2.24) is 15.0 Å². The summed E-state index contributed by atoms with van der Waals surface area (Å²) in [5.41, 5.74) is 0.690. The first-order valence-electron chi connectivity index (χ1n) is 7.00. The molecule has 0 saturated carbocycles.